The van der Waals surface area contributed by atoms with Crippen LogP contribution in [0.1, 0.15) is 28.2 Å². The zero-order valence-electron chi connectivity index (χ0n) is 13.0. The fourth-order valence-corrected chi connectivity index (χ4v) is 2.76. The van der Waals surface area contributed by atoms with E-state index in [0.717, 1.165) is 38.3 Å². The standard InChI is InChI=1S/C15H21N5O2/c1-12-8-14(22-17-12)15(21)20-5-3-4-19(6-7-20)11-13-9-16-18(2)10-13/h8-10H,3-7,11H2,1-2H3. The Morgan fingerprint density at radius 2 is 2.18 bits per heavy atom. The van der Waals surface area contributed by atoms with Crippen molar-refractivity contribution < 1.29 is 9.32 Å². The lowest BCUT2D eigenvalue weighted by Gasteiger charge is -2.20. The van der Waals surface area contributed by atoms with Crippen molar-refractivity contribution in [2.75, 3.05) is 26.2 Å². The average molecular weight is 303 g/mol. The summed E-state index contributed by atoms with van der Waals surface area (Å²) in [7, 11) is 1.92. The van der Waals surface area contributed by atoms with Gasteiger partial charge in [-0.15, -0.1) is 0 Å². The van der Waals surface area contributed by atoms with Gasteiger partial charge in [-0.1, -0.05) is 5.16 Å². The maximum Gasteiger partial charge on any atom is 0.292 e. The van der Waals surface area contributed by atoms with Crippen molar-refractivity contribution in [3.05, 3.63) is 35.5 Å². The van der Waals surface area contributed by atoms with E-state index in [4.69, 9.17) is 4.52 Å². The van der Waals surface area contributed by atoms with Crippen LogP contribution in [0.5, 0.6) is 0 Å². The molecular formula is C15H21N5O2. The minimum absolute atomic E-state index is 0.0659. The predicted molar refractivity (Wildman–Crippen MR) is 80.2 cm³/mol. The van der Waals surface area contributed by atoms with Gasteiger partial charge >= 0.3 is 0 Å². The molecule has 2 aromatic heterocycles. The molecule has 1 saturated heterocycles. The van der Waals surface area contributed by atoms with E-state index in [9.17, 15) is 4.79 Å². The Bertz CT molecular complexity index is 648. The second kappa shape index (κ2) is 6.31. The highest BCUT2D eigenvalue weighted by Crippen LogP contribution is 2.12. The van der Waals surface area contributed by atoms with Gasteiger partial charge in [-0.2, -0.15) is 5.10 Å². The van der Waals surface area contributed by atoms with Gasteiger partial charge in [-0.05, 0) is 13.3 Å². The number of hydrogen-bond acceptors (Lipinski definition) is 5. The molecule has 0 N–H and O–H groups in total. The molecule has 3 heterocycles. The molecule has 0 radical (unpaired) electrons. The fourth-order valence-electron chi connectivity index (χ4n) is 2.76. The maximum atomic E-state index is 12.4. The Morgan fingerprint density at radius 3 is 2.86 bits per heavy atom. The first-order valence-electron chi connectivity index (χ1n) is 7.54. The largest absolute Gasteiger partial charge is 0.351 e. The molecule has 3 rings (SSSR count). The first-order chi connectivity index (χ1) is 10.6. The monoisotopic (exact) mass is 303 g/mol. The minimum atomic E-state index is -0.0659. The molecular weight excluding hydrogens is 282 g/mol. The smallest absolute Gasteiger partial charge is 0.292 e. The number of hydrogen-bond donors (Lipinski definition) is 0. The number of aromatic nitrogens is 3. The molecule has 1 aliphatic heterocycles. The molecule has 7 heteroatoms. The van der Waals surface area contributed by atoms with E-state index in [2.05, 4.69) is 15.2 Å². The van der Waals surface area contributed by atoms with Gasteiger partial charge in [0.05, 0.1) is 11.9 Å². The van der Waals surface area contributed by atoms with E-state index in [1.807, 2.05) is 35.9 Å². The molecule has 0 atom stereocenters. The lowest BCUT2D eigenvalue weighted by atomic mass is 10.3. The van der Waals surface area contributed by atoms with Crippen LogP contribution in [0.2, 0.25) is 0 Å². The Morgan fingerprint density at radius 1 is 1.32 bits per heavy atom. The van der Waals surface area contributed by atoms with Crippen LogP contribution in [0.15, 0.2) is 23.0 Å². The molecule has 0 spiro atoms. The first-order valence-corrected chi connectivity index (χ1v) is 7.54. The van der Waals surface area contributed by atoms with Gasteiger partial charge < -0.3 is 9.42 Å². The van der Waals surface area contributed by atoms with Gasteiger partial charge in [-0.3, -0.25) is 14.4 Å². The van der Waals surface area contributed by atoms with Gasteiger partial charge in [0.25, 0.3) is 5.91 Å². The maximum absolute atomic E-state index is 12.4. The second-order valence-electron chi connectivity index (χ2n) is 5.78. The fraction of sp³-hybridized carbons (Fsp3) is 0.533. The van der Waals surface area contributed by atoms with Crippen LogP contribution in [0.25, 0.3) is 0 Å². The van der Waals surface area contributed by atoms with Crippen molar-refractivity contribution in [2.24, 2.45) is 7.05 Å². The van der Waals surface area contributed by atoms with Crippen LogP contribution in [-0.2, 0) is 13.6 Å². The number of aryl methyl sites for hydroxylation is 2. The number of rotatable bonds is 3. The molecule has 1 aliphatic rings. The van der Waals surface area contributed by atoms with Crippen molar-refractivity contribution in [1.29, 1.82) is 0 Å². The summed E-state index contributed by atoms with van der Waals surface area (Å²) in [4.78, 5) is 16.6. The van der Waals surface area contributed by atoms with E-state index >= 15 is 0 Å². The number of carbonyl (C=O) groups excluding carboxylic acids is 1. The van der Waals surface area contributed by atoms with Crippen LogP contribution in [0.3, 0.4) is 0 Å². The molecule has 118 valence electrons. The molecule has 0 saturated carbocycles. The molecule has 2 aromatic rings. The summed E-state index contributed by atoms with van der Waals surface area (Å²) in [5.41, 5.74) is 1.93. The first kappa shape index (κ1) is 14.8. The highest BCUT2D eigenvalue weighted by atomic mass is 16.5. The summed E-state index contributed by atoms with van der Waals surface area (Å²) in [6.07, 6.45) is 4.88. The highest BCUT2D eigenvalue weighted by molar-refractivity contribution is 5.91. The Hall–Kier alpha value is -2.15. The van der Waals surface area contributed by atoms with Gasteiger partial charge in [0.15, 0.2) is 0 Å². The lowest BCUT2D eigenvalue weighted by molar-refractivity contribution is 0.0719. The summed E-state index contributed by atoms with van der Waals surface area (Å²) in [6.45, 7) is 5.98. The van der Waals surface area contributed by atoms with Crippen LogP contribution in [0.4, 0.5) is 0 Å². The average Bonchev–Trinajstić information content (AvgIpc) is 3.02. The van der Waals surface area contributed by atoms with E-state index in [1.54, 1.807) is 6.07 Å². The van der Waals surface area contributed by atoms with Gasteiger partial charge in [0.1, 0.15) is 0 Å². The summed E-state index contributed by atoms with van der Waals surface area (Å²) < 4.78 is 6.89. The van der Waals surface area contributed by atoms with Crippen LogP contribution < -0.4 is 0 Å². The molecule has 7 nitrogen and oxygen atoms in total. The van der Waals surface area contributed by atoms with E-state index in [0.29, 0.717) is 12.3 Å². The van der Waals surface area contributed by atoms with E-state index < -0.39 is 0 Å². The third-order valence-electron chi connectivity index (χ3n) is 3.88. The van der Waals surface area contributed by atoms with Gasteiger partial charge in [-0.25, -0.2) is 0 Å². The summed E-state index contributed by atoms with van der Waals surface area (Å²) in [5.74, 6) is 0.266. The van der Waals surface area contributed by atoms with Gasteiger partial charge in [0.2, 0.25) is 5.76 Å². The van der Waals surface area contributed by atoms with E-state index in [-0.39, 0.29) is 5.91 Å². The second-order valence-corrected chi connectivity index (χ2v) is 5.78. The normalized spacial score (nSPS) is 16.7. The van der Waals surface area contributed by atoms with Crippen molar-refractivity contribution in [3.63, 3.8) is 0 Å². The summed E-state index contributed by atoms with van der Waals surface area (Å²) in [5, 5.41) is 7.98. The predicted octanol–water partition coefficient (Wildman–Crippen LogP) is 1.06. The molecule has 22 heavy (non-hydrogen) atoms. The molecule has 0 bridgehead atoms. The Kier molecular flexibility index (Phi) is 4.24. The number of carbonyl (C=O) groups is 1. The van der Waals surface area contributed by atoms with Gasteiger partial charge in [0, 0.05) is 57.6 Å². The minimum Gasteiger partial charge on any atom is -0.351 e. The topological polar surface area (TPSA) is 67.4 Å². The quantitative estimate of drug-likeness (QED) is 0.848. The molecule has 1 fully saturated rings. The Balaban J connectivity index is 1.58. The molecule has 0 aromatic carbocycles. The lowest BCUT2D eigenvalue weighted by Crippen LogP contribution is -2.34. The van der Waals surface area contributed by atoms with Crippen molar-refractivity contribution in [1.82, 2.24) is 24.7 Å². The summed E-state index contributed by atoms with van der Waals surface area (Å²) in [6, 6.07) is 1.70. The zero-order chi connectivity index (χ0) is 15.5. The van der Waals surface area contributed by atoms with Crippen molar-refractivity contribution in [2.45, 2.75) is 19.9 Å². The third-order valence-corrected chi connectivity index (χ3v) is 3.88. The van der Waals surface area contributed by atoms with Crippen molar-refractivity contribution in [3.8, 4) is 0 Å². The number of amides is 1. The van der Waals surface area contributed by atoms with Crippen LogP contribution in [0, 0.1) is 6.92 Å². The highest BCUT2D eigenvalue weighted by Gasteiger charge is 2.23. The third kappa shape index (κ3) is 3.36. The Labute approximate surface area is 129 Å². The van der Waals surface area contributed by atoms with Crippen LogP contribution in [-0.4, -0.2) is 56.8 Å². The van der Waals surface area contributed by atoms with Crippen LogP contribution >= 0.6 is 0 Å². The molecule has 0 aliphatic carbocycles. The van der Waals surface area contributed by atoms with Crippen molar-refractivity contribution >= 4 is 5.91 Å². The van der Waals surface area contributed by atoms with E-state index in [1.165, 1.54) is 5.56 Å². The molecule has 1 amide bonds. The number of nitrogens with zero attached hydrogens (tertiary/aromatic N) is 5. The summed E-state index contributed by atoms with van der Waals surface area (Å²) >= 11 is 0. The molecule has 0 unspecified atom stereocenters. The zero-order valence-corrected chi connectivity index (χ0v) is 13.0. The SMILES string of the molecule is Cc1cc(C(=O)N2CCCN(Cc3cnn(C)c3)CC2)on1.